The third-order valence-corrected chi connectivity index (χ3v) is 8.30. The van der Waals surface area contributed by atoms with Crippen LogP contribution >= 0.6 is 0 Å². The second kappa shape index (κ2) is 14.6. The van der Waals surface area contributed by atoms with Crippen LogP contribution in [-0.2, 0) is 9.53 Å². The minimum absolute atomic E-state index is 0.0861. The van der Waals surface area contributed by atoms with Gasteiger partial charge >= 0.3 is 6.09 Å². The first-order chi connectivity index (χ1) is 23.6. The summed E-state index contributed by atoms with van der Waals surface area (Å²) in [5.41, 5.74) is 2.20. The summed E-state index contributed by atoms with van der Waals surface area (Å²) >= 11 is 0. The summed E-state index contributed by atoms with van der Waals surface area (Å²) in [4.78, 5) is 40.6. The van der Waals surface area contributed by atoms with Crippen molar-refractivity contribution in [2.45, 2.75) is 24.9 Å². The summed E-state index contributed by atoms with van der Waals surface area (Å²) in [6.45, 7) is 0.744. The molecule has 6 rings (SSSR count). The molecule has 250 valence electrons. The van der Waals surface area contributed by atoms with Crippen molar-refractivity contribution >= 4 is 29.9 Å². The number of benzene rings is 4. The van der Waals surface area contributed by atoms with E-state index in [2.05, 4.69) is 5.32 Å². The van der Waals surface area contributed by atoms with Crippen molar-refractivity contribution < 1.29 is 41.4 Å². The molecule has 2 fully saturated rings. The van der Waals surface area contributed by atoms with Crippen LogP contribution in [0.25, 0.3) is 12.2 Å². The molecule has 0 aromatic heterocycles. The Morgan fingerprint density at radius 3 is 1.96 bits per heavy atom. The average Bonchev–Trinajstić information content (AvgIpc) is 3.47. The molecule has 7 nitrogen and oxygen atoms in total. The lowest BCUT2D eigenvalue weighted by atomic mass is 9.83. The summed E-state index contributed by atoms with van der Waals surface area (Å²) < 4.78 is 65.9. The molecule has 1 saturated carbocycles. The molecule has 0 radical (unpaired) electrons. The smallest absolute Gasteiger partial charge is 0.410 e. The number of carbonyl (C=O) groups is 3. The molecular formula is C38H30F4N2O5. The lowest BCUT2D eigenvalue weighted by Gasteiger charge is -2.27. The highest BCUT2D eigenvalue weighted by Crippen LogP contribution is 2.30. The lowest BCUT2D eigenvalue weighted by Crippen LogP contribution is -2.39. The van der Waals surface area contributed by atoms with Crippen molar-refractivity contribution in [3.05, 3.63) is 148 Å². The molecule has 4 aromatic rings. The third kappa shape index (κ3) is 7.89. The molecule has 2 amide bonds. The van der Waals surface area contributed by atoms with Gasteiger partial charge in [0.1, 0.15) is 19.0 Å². The first-order valence-electron chi connectivity index (χ1n) is 15.5. The number of nitrogens with one attached hydrogen (secondary N) is 1. The van der Waals surface area contributed by atoms with E-state index in [1.54, 1.807) is 29.2 Å². The van der Waals surface area contributed by atoms with Crippen LogP contribution in [0.5, 0.6) is 5.75 Å². The van der Waals surface area contributed by atoms with E-state index in [1.807, 2.05) is 30.3 Å². The van der Waals surface area contributed by atoms with Crippen molar-refractivity contribution in [2.24, 2.45) is 0 Å². The Balaban J connectivity index is 1.13. The van der Waals surface area contributed by atoms with Crippen LogP contribution < -0.4 is 10.1 Å². The molecule has 0 spiro atoms. The Morgan fingerprint density at radius 2 is 1.39 bits per heavy atom. The van der Waals surface area contributed by atoms with E-state index in [0.717, 1.165) is 29.8 Å². The first-order valence-corrected chi connectivity index (χ1v) is 15.5. The Morgan fingerprint density at radius 1 is 0.796 bits per heavy atom. The fraction of sp³-hybridized carbons (Fsp3) is 0.184. The van der Waals surface area contributed by atoms with E-state index < -0.39 is 47.1 Å². The fourth-order valence-corrected chi connectivity index (χ4v) is 5.83. The third-order valence-electron chi connectivity index (χ3n) is 8.30. The Hall–Kier alpha value is -5.71. The highest BCUT2D eigenvalue weighted by Gasteiger charge is 2.34. The van der Waals surface area contributed by atoms with Crippen LogP contribution in [0.4, 0.5) is 22.4 Å². The van der Waals surface area contributed by atoms with Crippen LogP contribution in [0.2, 0.25) is 0 Å². The predicted octanol–water partition coefficient (Wildman–Crippen LogP) is 7.44. The van der Waals surface area contributed by atoms with E-state index >= 15 is 0 Å². The number of ether oxygens (including phenoxy) is 2. The summed E-state index contributed by atoms with van der Waals surface area (Å²) in [6, 6.07) is 21.6. The minimum Gasteiger partial charge on any atom is -0.492 e. The van der Waals surface area contributed by atoms with Crippen molar-refractivity contribution in [1.29, 1.82) is 0 Å². The van der Waals surface area contributed by atoms with Gasteiger partial charge in [0.15, 0.2) is 29.1 Å². The van der Waals surface area contributed by atoms with E-state index in [4.69, 9.17) is 9.47 Å². The van der Waals surface area contributed by atoms with Crippen molar-refractivity contribution in [3.63, 3.8) is 0 Å². The Kier molecular flexibility index (Phi) is 9.89. The number of carbonyl (C=O) groups excluding carboxylic acids is 3. The molecule has 1 atom stereocenters. The number of Topliss-reactive ketones (excluding diaryl/α,β-unsaturated/α-hetero) is 1. The molecule has 0 bridgehead atoms. The zero-order valence-electron chi connectivity index (χ0n) is 26.0. The minimum atomic E-state index is -1.08. The van der Waals surface area contributed by atoms with Crippen LogP contribution in [0, 0.1) is 23.3 Å². The van der Waals surface area contributed by atoms with Gasteiger partial charge in [0.05, 0.1) is 12.6 Å². The average molecular weight is 671 g/mol. The van der Waals surface area contributed by atoms with Gasteiger partial charge in [-0.25, -0.2) is 22.4 Å². The largest absolute Gasteiger partial charge is 0.492 e. The van der Waals surface area contributed by atoms with Crippen molar-refractivity contribution in [3.8, 4) is 5.75 Å². The van der Waals surface area contributed by atoms with E-state index in [0.29, 0.717) is 17.9 Å². The van der Waals surface area contributed by atoms with Gasteiger partial charge in [0, 0.05) is 22.8 Å². The van der Waals surface area contributed by atoms with Crippen molar-refractivity contribution in [2.75, 3.05) is 19.8 Å². The van der Waals surface area contributed by atoms with Crippen LogP contribution in [0.15, 0.2) is 102 Å². The number of halogens is 4. The molecule has 1 aliphatic carbocycles. The number of amides is 2. The fourth-order valence-electron chi connectivity index (χ4n) is 5.83. The predicted molar refractivity (Wildman–Crippen MR) is 173 cm³/mol. The monoisotopic (exact) mass is 670 g/mol. The number of cyclic esters (lactones) is 1. The topological polar surface area (TPSA) is 84.9 Å². The molecule has 4 aromatic carbocycles. The number of hydrogen-bond donors (Lipinski definition) is 1. The molecule has 1 aliphatic heterocycles. The Bertz CT molecular complexity index is 1870. The Labute approximate surface area is 279 Å². The summed E-state index contributed by atoms with van der Waals surface area (Å²) in [6.07, 6.45) is 2.59. The second-order valence-electron chi connectivity index (χ2n) is 11.7. The summed E-state index contributed by atoms with van der Waals surface area (Å²) in [7, 11) is 0. The van der Waals surface area contributed by atoms with Crippen LogP contribution in [-0.4, -0.2) is 48.5 Å². The van der Waals surface area contributed by atoms with E-state index in [9.17, 15) is 31.9 Å². The van der Waals surface area contributed by atoms with Gasteiger partial charge in [-0.1, -0.05) is 42.5 Å². The lowest BCUT2D eigenvalue weighted by molar-refractivity contribution is -0.113. The molecule has 1 N–H and O–H groups in total. The maximum Gasteiger partial charge on any atom is 0.410 e. The highest BCUT2D eigenvalue weighted by atomic mass is 19.2. The summed E-state index contributed by atoms with van der Waals surface area (Å²) in [5, 5.41) is 2.91. The van der Waals surface area contributed by atoms with Gasteiger partial charge in [0.25, 0.3) is 5.91 Å². The van der Waals surface area contributed by atoms with Gasteiger partial charge < -0.3 is 14.8 Å². The number of nitrogens with zero attached hydrogens (tertiary/aromatic N) is 1. The maximum absolute atomic E-state index is 13.9. The zero-order chi connectivity index (χ0) is 34.5. The number of hydrogen-bond acceptors (Lipinski definition) is 5. The molecule has 2 aliphatic rings. The van der Waals surface area contributed by atoms with Gasteiger partial charge in [-0.15, -0.1) is 0 Å². The maximum atomic E-state index is 13.9. The van der Waals surface area contributed by atoms with Gasteiger partial charge in [-0.05, 0) is 90.2 Å². The van der Waals surface area contributed by atoms with Gasteiger partial charge in [0.2, 0.25) is 0 Å². The quantitative estimate of drug-likeness (QED) is 0.148. The number of rotatable bonds is 9. The first kappa shape index (κ1) is 33.2. The molecular weight excluding hydrogens is 640 g/mol. The number of ketones is 1. The van der Waals surface area contributed by atoms with Crippen LogP contribution in [0.3, 0.4) is 0 Å². The van der Waals surface area contributed by atoms with E-state index in [1.165, 1.54) is 24.3 Å². The highest BCUT2D eigenvalue weighted by molar-refractivity contribution is 6.14. The summed E-state index contributed by atoms with van der Waals surface area (Å²) in [5.74, 6) is -4.60. The SMILES string of the molecule is O=C1/C(=C/c2ccc(F)c(F)c2)CC(NC(=O)c2ccc(OCCN3C(=O)OC[C@@H]3c3ccccc3)cc2)C/C1=C\c1ccc(F)c(F)c1. The second-order valence-corrected chi connectivity index (χ2v) is 11.7. The molecule has 11 heteroatoms. The van der Waals surface area contributed by atoms with Crippen molar-refractivity contribution in [1.82, 2.24) is 10.2 Å². The molecule has 0 unspecified atom stereocenters. The zero-order valence-corrected chi connectivity index (χ0v) is 26.0. The standard InChI is InChI=1S/C38H30F4N2O5/c39-31-12-6-23(18-33(31)41)16-27-20-29(21-28(36(27)45)17-24-7-13-32(40)34(42)19-24)43-37(46)26-8-10-30(11-9-26)48-15-14-44-35(22-49-38(44)47)25-4-2-1-3-5-25/h1-13,16-19,29,35H,14-15,20-22H2,(H,43,46)/b27-16+,28-17+/t35-/m1/s1. The van der Waals surface area contributed by atoms with Gasteiger partial charge in [-0.2, -0.15) is 0 Å². The van der Waals surface area contributed by atoms with Gasteiger partial charge in [-0.3, -0.25) is 14.5 Å². The molecule has 49 heavy (non-hydrogen) atoms. The molecule has 1 heterocycles. The normalized spacial score (nSPS) is 19.3. The molecule has 1 saturated heterocycles. The van der Waals surface area contributed by atoms with Crippen LogP contribution in [0.1, 0.15) is 45.9 Å². The van der Waals surface area contributed by atoms with E-state index in [-0.39, 0.29) is 54.4 Å².